The molecule has 1 heterocycles. The number of carbonyl (C=O) groups is 1. The van der Waals surface area contributed by atoms with Crippen molar-refractivity contribution in [2.45, 2.75) is 33.7 Å². The molecule has 1 aromatic carbocycles. The molecule has 0 saturated heterocycles. The summed E-state index contributed by atoms with van der Waals surface area (Å²) >= 11 is 0. The normalized spacial score (nSPS) is 10.5. The predicted molar refractivity (Wildman–Crippen MR) is 85.3 cm³/mol. The molecule has 21 heavy (non-hydrogen) atoms. The van der Waals surface area contributed by atoms with E-state index >= 15 is 0 Å². The van der Waals surface area contributed by atoms with E-state index in [-0.39, 0.29) is 11.8 Å². The second kappa shape index (κ2) is 6.35. The summed E-state index contributed by atoms with van der Waals surface area (Å²) in [5.41, 5.74) is 2.46. The fraction of sp³-hybridized carbons (Fsp3) is 0.312. The maximum absolute atomic E-state index is 11.3. The van der Waals surface area contributed by atoms with Crippen LogP contribution in [0, 0.1) is 6.92 Å². The summed E-state index contributed by atoms with van der Waals surface area (Å²) in [6.45, 7) is 7.57. The van der Waals surface area contributed by atoms with Gasteiger partial charge in [-0.2, -0.15) is 4.98 Å². The number of hydrogen-bond acceptors (Lipinski definition) is 5. The maximum atomic E-state index is 11.3. The van der Waals surface area contributed by atoms with E-state index in [2.05, 4.69) is 20.6 Å². The number of hydrogen-bond donors (Lipinski definition) is 2. The molecule has 0 radical (unpaired) electrons. The van der Waals surface area contributed by atoms with Crippen LogP contribution in [0.1, 0.15) is 36.8 Å². The van der Waals surface area contributed by atoms with Crippen LogP contribution in [-0.4, -0.2) is 21.8 Å². The van der Waals surface area contributed by atoms with Crippen molar-refractivity contribution in [3.05, 3.63) is 41.6 Å². The minimum absolute atomic E-state index is 0.0582. The molecule has 5 heteroatoms. The number of Topliss-reactive ketones (excluding diaryl/α,β-unsaturated/α-hetero) is 1. The highest BCUT2D eigenvalue weighted by Crippen LogP contribution is 2.18. The minimum atomic E-state index is 0.0582. The van der Waals surface area contributed by atoms with E-state index in [4.69, 9.17) is 0 Å². The number of ketones is 1. The molecule has 0 bridgehead atoms. The molecule has 0 aliphatic carbocycles. The van der Waals surface area contributed by atoms with E-state index in [1.807, 2.05) is 39.0 Å². The molecule has 2 aromatic rings. The first-order valence-corrected chi connectivity index (χ1v) is 6.94. The third kappa shape index (κ3) is 4.27. The topological polar surface area (TPSA) is 66.9 Å². The zero-order chi connectivity index (χ0) is 15.4. The molecule has 0 unspecified atom stereocenters. The van der Waals surface area contributed by atoms with Gasteiger partial charge in [0.25, 0.3) is 0 Å². The monoisotopic (exact) mass is 284 g/mol. The summed E-state index contributed by atoms with van der Waals surface area (Å²) in [5, 5.41) is 6.41. The fourth-order valence-electron chi connectivity index (χ4n) is 1.89. The van der Waals surface area contributed by atoms with Crippen LogP contribution in [0.5, 0.6) is 0 Å². The summed E-state index contributed by atoms with van der Waals surface area (Å²) in [5.74, 6) is 1.39. The Morgan fingerprint density at radius 3 is 2.38 bits per heavy atom. The lowest BCUT2D eigenvalue weighted by Gasteiger charge is -2.12. The summed E-state index contributed by atoms with van der Waals surface area (Å²) in [6.07, 6.45) is 0. The molecule has 110 valence electrons. The summed E-state index contributed by atoms with van der Waals surface area (Å²) in [7, 11) is 0. The van der Waals surface area contributed by atoms with E-state index in [0.29, 0.717) is 11.5 Å². The number of nitrogens with zero attached hydrogens (tertiary/aromatic N) is 2. The number of rotatable bonds is 5. The third-order valence-electron chi connectivity index (χ3n) is 2.84. The van der Waals surface area contributed by atoms with Gasteiger partial charge in [0.2, 0.25) is 5.95 Å². The number of benzene rings is 1. The number of aryl methyl sites for hydroxylation is 1. The van der Waals surface area contributed by atoms with Crippen molar-refractivity contribution in [2.24, 2.45) is 0 Å². The SMILES string of the molecule is CC(=O)c1ccc(Nc2cc(C)nc(NC(C)C)n2)cc1. The molecule has 5 nitrogen and oxygen atoms in total. The van der Waals surface area contributed by atoms with Crippen molar-refractivity contribution >= 4 is 23.2 Å². The van der Waals surface area contributed by atoms with Crippen molar-refractivity contribution in [1.29, 1.82) is 0 Å². The predicted octanol–water partition coefficient (Wildman–Crippen LogP) is 3.55. The number of nitrogens with one attached hydrogen (secondary N) is 2. The van der Waals surface area contributed by atoms with Crippen molar-refractivity contribution in [3.8, 4) is 0 Å². The van der Waals surface area contributed by atoms with Gasteiger partial charge in [0.15, 0.2) is 5.78 Å². The van der Waals surface area contributed by atoms with E-state index in [1.54, 1.807) is 19.1 Å². The highest BCUT2D eigenvalue weighted by Gasteiger charge is 2.05. The van der Waals surface area contributed by atoms with Gasteiger partial charge in [-0.1, -0.05) is 0 Å². The Labute approximate surface area is 124 Å². The zero-order valence-corrected chi connectivity index (χ0v) is 12.8. The van der Waals surface area contributed by atoms with Crippen LogP contribution < -0.4 is 10.6 Å². The first kappa shape index (κ1) is 15.0. The van der Waals surface area contributed by atoms with Gasteiger partial charge in [-0.25, -0.2) is 4.98 Å². The minimum Gasteiger partial charge on any atom is -0.352 e. The molecule has 0 saturated carbocycles. The maximum Gasteiger partial charge on any atom is 0.225 e. The molecule has 2 N–H and O–H groups in total. The van der Waals surface area contributed by atoms with Gasteiger partial charge < -0.3 is 10.6 Å². The summed E-state index contributed by atoms with van der Waals surface area (Å²) in [6, 6.07) is 9.48. The molecule has 0 amide bonds. The zero-order valence-electron chi connectivity index (χ0n) is 12.8. The summed E-state index contributed by atoms with van der Waals surface area (Å²) in [4.78, 5) is 20.0. The van der Waals surface area contributed by atoms with E-state index < -0.39 is 0 Å². The molecule has 0 atom stereocenters. The van der Waals surface area contributed by atoms with Gasteiger partial charge in [-0.3, -0.25) is 4.79 Å². The van der Waals surface area contributed by atoms with Crippen molar-refractivity contribution < 1.29 is 4.79 Å². The van der Waals surface area contributed by atoms with Gasteiger partial charge in [-0.15, -0.1) is 0 Å². The van der Waals surface area contributed by atoms with Gasteiger partial charge in [0.1, 0.15) is 5.82 Å². The number of aromatic nitrogens is 2. The van der Waals surface area contributed by atoms with Crippen LogP contribution in [0.25, 0.3) is 0 Å². The molecule has 1 aromatic heterocycles. The second-order valence-electron chi connectivity index (χ2n) is 5.28. The average Bonchev–Trinajstić information content (AvgIpc) is 2.37. The first-order chi connectivity index (χ1) is 9.94. The Kier molecular flexibility index (Phi) is 4.52. The third-order valence-corrected chi connectivity index (χ3v) is 2.84. The highest BCUT2D eigenvalue weighted by atomic mass is 16.1. The first-order valence-electron chi connectivity index (χ1n) is 6.94. The van der Waals surface area contributed by atoms with Crippen LogP contribution in [-0.2, 0) is 0 Å². The lowest BCUT2D eigenvalue weighted by molar-refractivity contribution is 0.101. The smallest absolute Gasteiger partial charge is 0.225 e. The standard InChI is InChI=1S/C16H20N4O/c1-10(2)17-16-18-11(3)9-15(20-16)19-14-7-5-13(6-8-14)12(4)21/h5-10H,1-4H3,(H2,17,18,19,20). The van der Waals surface area contributed by atoms with Crippen molar-refractivity contribution in [2.75, 3.05) is 10.6 Å². The van der Waals surface area contributed by atoms with Crippen molar-refractivity contribution in [1.82, 2.24) is 9.97 Å². The van der Waals surface area contributed by atoms with Gasteiger partial charge in [0, 0.05) is 29.1 Å². The average molecular weight is 284 g/mol. The molecular formula is C16H20N4O. The molecule has 0 spiro atoms. The Bertz CT molecular complexity index is 635. The lowest BCUT2D eigenvalue weighted by Crippen LogP contribution is -2.13. The highest BCUT2D eigenvalue weighted by molar-refractivity contribution is 5.94. The van der Waals surface area contributed by atoms with Crippen LogP contribution in [0.2, 0.25) is 0 Å². The number of anilines is 3. The molecule has 0 aliphatic heterocycles. The van der Waals surface area contributed by atoms with E-state index in [1.165, 1.54) is 0 Å². The number of carbonyl (C=O) groups excluding carboxylic acids is 1. The molecule has 2 rings (SSSR count). The van der Waals surface area contributed by atoms with E-state index in [0.717, 1.165) is 17.2 Å². The second-order valence-corrected chi connectivity index (χ2v) is 5.28. The molecule has 0 fully saturated rings. The van der Waals surface area contributed by atoms with Crippen LogP contribution in [0.15, 0.2) is 30.3 Å². The fourth-order valence-corrected chi connectivity index (χ4v) is 1.89. The molecule has 0 aliphatic rings. The Balaban J connectivity index is 2.18. The Hall–Kier alpha value is -2.43. The van der Waals surface area contributed by atoms with Crippen LogP contribution in [0.3, 0.4) is 0 Å². The van der Waals surface area contributed by atoms with Crippen molar-refractivity contribution in [3.63, 3.8) is 0 Å². The Morgan fingerprint density at radius 1 is 1.14 bits per heavy atom. The van der Waals surface area contributed by atoms with Gasteiger partial charge >= 0.3 is 0 Å². The quantitative estimate of drug-likeness (QED) is 0.822. The lowest BCUT2D eigenvalue weighted by atomic mass is 10.1. The van der Waals surface area contributed by atoms with Crippen LogP contribution >= 0.6 is 0 Å². The summed E-state index contributed by atoms with van der Waals surface area (Å²) < 4.78 is 0. The van der Waals surface area contributed by atoms with Gasteiger partial charge in [0.05, 0.1) is 0 Å². The largest absolute Gasteiger partial charge is 0.352 e. The van der Waals surface area contributed by atoms with Gasteiger partial charge in [-0.05, 0) is 52.0 Å². The molecular weight excluding hydrogens is 264 g/mol. The Morgan fingerprint density at radius 2 is 1.81 bits per heavy atom. The van der Waals surface area contributed by atoms with E-state index in [9.17, 15) is 4.79 Å². The van der Waals surface area contributed by atoms with Crippen LogP contribution in [0.4, 0.5) is 17.5 Å².